The summed E-state index contributed by atoms with van der Waals surface area (Å²) in [5.41, 5.74) is 1.08. The van der Waals surface area contributed by atoms with Crippen molar-refractivity contribution in [3.05, 3.63) is 52.5 Å². The predicted molar refractivity (Wildman–Crippen MR) is 95.9 cm³/mol. The monoisotopic (exact) mass is 391 g/mol. The number of carboxylic acid groups (broad SMARTS) is 1. The Morgan fingerprint density at radius 3 is 2.67 bits per heavy atom. The molecule has 2 heterocycles. The van der Waals surface area contributed by atoms with Crippen LogP contribution >= 0.6 is 15.9 Å². The molecule has 128 valence electrons. The maximum absolute atomic E-state index is 11.7. The third kappa shape index (κ3) is 3.54. The van der Waals surface area contributed by atoms with E-state index >= 15 is 0 Å². The molecular formula is C18H22BrN3O2. The van der Waals surface area contributed by atoms with Crippen LogP contribution in [0.15, 0.2) is 41.1 Å². The van der Waals surface area contributed by atoms with Crippen LogP contribution in [0.25, 0.3) is 0 Å². The number of likely N-dealkylation sites (tertiary alicyclic amines) is 1. The highest BCUT2D eigenvalue weighted by Crippen LogP contribution is 2.34. The number of carbonyl (C=O) groups is 1. The van der Waals surface area contributed by atoms with Gasteiger partial charge in [0.2, 0.25) is 0 Å². The minimum Gasteiger partial charge on any atom is -0.481 e. The van der Waals surface area contributed by atoms with Crippen molar-refractivity contribution >= 4 is 21.9 Å². The molecule has 0 radical (unpaired) electrons. The van der Waals surface area contributed by atoms with Crippen LogP contribution < -0.4 is 0 Å². The van der Waals surface area contributed by atoms with Gasteiger partial charge in [0, 0.05) is 41.9 Å². The molecule has 1 aliphatic rings. The van der Waals surface area contributed by atoms with Gasteiger partial charge in [-0.05, 0) is 31.5 Å². The molecule has 0 unspecified atom stereocenters. The largest absolute Gasteiger partial charge is 0.481 e. The Bertz CT molecular complexity index is 711. The van der Waals surface area contributed by atoms with Gasteiger partial charge in [-0.25, -0.2) is 4.98 Å². The van der Waals surface area contributed by atoms with Gasteiger partial charge in [-0.2, -0.15) is 0 Å². The average molecular weight is 392 g/mol. The third-order valence-electron chi connectivity index (χ3n) is 4.68. The van der Waals surface area contributed by atoms with Gasteiger partial charge in [0.1, 0.15) is 5.82 Å². The van der Waals surface area contributed by atoms with Gasteiger partial charge in [-0.3, -0.25) is 9.69 Å². The predicted octanol–water partition coefficient (Wildman–Crippen LogP) is 3.53. The Hall–Kier alpha value is -1.66. The summed E-state index contributed by atoms with van der Waals surface area (Å²) in [6.07, 6.45) is 3.79. The summed E-state index contributed by atoms with van der Waals surface area (Å²) in [5, 5.41) is 9.63. The van der Waals surface area contributed by atoms with Gasteiger partial charge < -0.3 is 9.67 Å². The number of halogens is 1. The Morgan fingerprint density at radius 1 is 1.33 bits per heavy atom. The second kappa shape index (κ2) is 7.07. The van der Waals surface area contributed by atoms with Gasteiger partial charge in [-0.1, -0.05) is 28.1 Å². The van der Waals surface area contributed by atoms with E-state index in [-0.39, 0.29) is 11.8 Å². The van der Waals surface area contributed by atoms with E-state index in [0.29, 0.717) is 19.1 Å². The maximum Gasteiger partial charge on any atom is 0.308 e. The fourth-order valence-corrected chi connectivity index (χ4v) is 3.71. The fourth-order valence-electron chi connectivity index (χ4n) is 3.45. The molecule has 1 aliphatic heterocycles. The van der Waals surface area contributed by atoms with Gasteiger partial charge in [0.15, 0.2) is 0 Å². The molecule has 6 heteroatoms. The van der Waals surface area contributed by atoms with Crippen LogP contribution in [0.3, 0.4) is 0 Å². The van der Waals surface area contributed by atoms with Crippen LogP contribution in [-0.4, -0.2) is 38.6 Å². The van der Waals surface area contributed by atoms with Crippen molar-refractivity contribution < 1.29 is 9.90 Å². The topological polar surface area (TPSA) is 58.4 Å². The Labute approximate surface area is 150 Å². The van der Waals surface area contributed by atoms with Crippen LogP contribution in [-0.2, 0) is 11.3 Å². The molecule has 0 saturated carbocycles. The van der Waals surface area contributed by atoms with Crippen LogP contribution in [0.4, 0.5) is 0 Å². The molecule has 1 fully saturated rings. The van der Waals surface area contributed by atoms with Crippen molar-refractivity contribution in [2.24, 2.45) is 5.92 Å². The van der Waals surface area contributed by atoms with E-state index in [1.165, 1.54) is 0 Å². The first kappa shape index (κ1) is 17.2. The highest BCUT2D eigenvalue weighted by Gasteiger charge is 2.38. The number of benzene rings is 1. The van der Waals surface area contributed by atoms with Crippen molar-refractivity contribution in [3.63, 3.8) is 0 Å². The first-order chi connectivity index (χ1) is 11.5. The summed E-state index contributed by atoms with van der Waals surface area (Å²) in [4.78, 5) is 18.4. The summed E-state index contributed by atoms with van der Waals surface area (Å²) in [7, 11) is 0. The molecule has 0 amide bonds. The zero-order valence-electron chi connectivity index (χ0n) is 13.9. The number of aliphatic carboxylic acids is 1. The average Bonchev–Trinajstić information content (AvgIpc) is 3.15. The minimum absolute atomic E-state index is 0.0121. The van der Waals surface area contributed by atoms with E-state index in [4.69, 9.17) is 0 Å². The second-order valence-corrected chi connectivity index (χ2v) is 7.56. The smallest absolute Gasteiger partial charge is 0.308 e. The molecular weight excluding hydrogens is 370 g/mol. The van der Waals surface area contributed by atoms with Gasteiger partial charge in [0.05, 0.1) is 12.5 Å². The number of nitrogens with zero attached hydrogens (tertiary/aromatic N) is 3. The highest BCUT2D eigenvalue weighted by atomic mass is 79.9. The normalized spacial score (nSPS) is 21.5. The van der Waals surface area contributed by atoms with Crippen molar-refractivity contribution in [2.45, 2.75) is 32.4 Å². The minimum atomic E-state index is -0.724. The van der Waals surface area contributed by atoms with E-state index in [0.717, 1.165) is 22.4 Å². The van der Waals surface area contributed by atoms with Crippen molar-refractivity contribution in [2.75, 3.05) is 13.1 Å². The molecule has 2 aromatic rings. The van der Waals surface area contributed by atoms with Crippen LogP contribution in [0.2, 0.25) is 0 Å². The summed E-state index contributed by atoms with van der Waals surface area (Å²) >= 11 is 3.43. The molecule has 0 bridgehead atoms. The summed E-state index contributed by atoms with van der Waals surface area (Å²) in [6, 6.07) is 8.33. The number of hydrogen-bond donors (Lipinski definition) is 1. The molecule has 0 aliphatic carbocycles. The first-order valence-electron chi connectivity index (χ1n) is 8.18. The second-order valence-electron chi connectivity index (χ2n) is 6.64. The van der Waals surface area contributed by atoms with E-state index in [9.17, 15) is 9.90 Å². The van der Waals surface area contributed by atoms with E-state index in [1.54, 1.807) is 0 Å². The standard InChI is InChI=1S/C18H22BrN3O2/c1-12(2)22-8-7-20-17(22)11-21-9-15(16(10-21)18(23)24)13-3-5-14(19)6-4-13/h3-8,12,15-16H,9-11H2,1-2H3,(H,23,24)/t15-,16+/m0/s1. The fraction of sp³-hybridized carbons (Fsp3) is 0.444. The maximum atomic E-state index is 11.7. The zero-order chi connectivity index (χ0) is 17.3. The van der Waals surface area contributed by atoms with Crippen LogP contribution in [0, 0.1) is 5.92 Å². The Kier molecular flexibility index (Phi) is 5.06. The van der Waals surface area contributed by atoms with Crippen LogP contribution in [0.1, 0.15) is 37.2 Å². The molecule has 2 atom stereocenters. The van der Waals surface area contributed by atoms with E-state index in [1.807, 2.05) is 36.7 Å². The summed E-state index contributed by atoms with van der Waals surface area (Å²) in [6.45, 7) is 6.23. The lowest BCUT2D eigenvalue weighted by molar-refractivity contribution is -0.141. The zero-order valence-corrected chi connectivity index (χ0v) is 15.5. The lowest BCUT2D eigenvalue weighted by Gasteiger charge is -2.18. The number of aromatic nitrogens is 2. The molecule has 1 saturated heterocycles. The summed E-state index contributed by atoms with van der Waals surface area (Å²) < 4.78 is 3.15. The quantitative estimate of drug-likeness (QED) is 0.846. The van der Waals surface area contributed by atoms with Gasteiger partial charge in [0.25, 0.3) is 0 Å². The van der Waals surface area contributed by atoms with Crippen molar-refractivity contribution in [1.29, 1.82) is 0 Å². The number of rotatable bonds is 5. The molecule has 0 spiro atoms. The third-order valence-corrected chi connectivity index (χ3v) is 5.21. The van der Waals surface area contributed by atoms with Gasteiger partial charge in [-0.15, -0.1) is 0 Å². The molecule has 5 nitrogen and oxygen atoms in total. The lowest BCUT2D eigenvalue weighted by atomic mass is 9.89. The Balaban J connectivity index is 1.78. The molecule has 1 N–H and O–H groups in total. The van der Waals surface area contributed by atoms with E-state index < -0.39 is 5.97 Å². The van der Waals surface area contributed by atoms with Crippen LogP contribution in [0.5, 0.6) is 0 Å². The highest BCUT2D eigenvalue weighted by molar-refractivity contribution is 9.10. The lowest BCUT2D eigenvalue weighted by Crippen LogP contribution is -2.24. The molecule has 1 aromatic carbocycles. The molecule has 3 rings (SSSR count). The number of imidazole rings is 1. The first-order valence-corrected chi connectivity index (χ1v) is 8.97. The molecule has 24 heavy (non-hydrogen) atoms. The molecule has 1 aromatic heterocycles. The number of hydrogen-bond acceptors (Lipinski definition) is 3. The van der Waals surface area contributed by atoms with E-state index in [2.05, 4.69) is 44.2 Å². The van der Waals surface area contributed by atoms with Crippen molar-refractivity contribution in [3.8, 4) is 0 Å². The number of carboxylic acids is 1. The SMILES string of the molecule is CC(C)n1ccnc1CN1C[C@@H](C(=O)O)[C@H](c2ccc(Br)cc2)C1. The summed E-state index contributed by atoms with van der Waals surface area (Å²) in [5.74, 6) is -0.102. The Morgan fingerprint density at radius 2 is 2.04 bits per heavy atom. The van der Waals surface area contributed by atoms with Gasteiger partial charge >= 0.3 is 5.97 Å². The van der Waals surface area contributed by atoms with Crippen molar-refractivity contribution in [1.82, 2.24) is 14.5 Å².